The van der Waals surface area contributed by atoms with Gasteiger partial charge in [0.15, 0.2) is 0 Å². The highest BCUT2D eigenvalue weighted by Gasteiger charge is 2.13. The fourth-order valence-electron chi connectivity index (χ4n) is 2.68. The number of nitrogens with one attached hydrogen (secondary N) is 2. The van der Waals surface area contributed by atoms with Crippen LogP contribution in [0.2, 0.25) is 0 Å². The second-order valence-corrected chi connectivity index (χ2v) is 5.97. The summed E-state index contributed by atoms with van der Waals surface area (Å²) in [6.07, 6.45) is 2.75. The highest BCUT2D eigenvalue weighted by molar-refractivity contribution is 5.98. The van der Waals surface area contributed by atoms with Crippen LogP contribution in [0.15, 0.2) is 72.9 Å². The van der Waals surface area contributed by atoms with Crippen molar-refractivity contribution in [3.05, 3.63) is 95.3 Å². The van der Waals surface area contributed by atoms with E-state index in [4.69, 9.17) is 0 Å². The van der Waals surface area contributed by atoms with Gasteiger partial charge in [-0.15, -0.1) is 0 Å². The number of hydrazine groups is 1. The van der Waals surface area contributed by atoms with Gasteiger partial charge in [0.05, 0.1) is 0 Å². The Hall–Kier alpha value is -3.34. The fraction of sp³-hybridized carbons (Fsp3) is 0.143. The summed E-state index contributed by atoms with van der Waals surface area (Å²) in [4.78, 5) is 24.6. The molecule has 0 spiro atoms. The Morgan fingerprint density at radius 1 is 0.808 bits per heavy atom. The van der Waals surface area contributed by atoms with Crippen LogP contribution in [0.1, 0.15) is 38.9 Å². The molecular formula is C21H21N3O2. The average molecular weight is 347 g/mol. The number of benzene rings is 2. The predicted molar refractivity (Wildman–Crippen MR) is 101 cm³/mol. The van der Waals surface area contributed by atoms with Crippen LogP contribution in [0.3, 0.4) is 0 Å². The summed E-state index contributed by atoms with van der Waals surface area (Å²) in [5.41, 5.74) is 8.18. The zero-order valence-electron chi connectivity index (χ0n) is 14.6. The third-order valence-corrected chi connectivity index (χ3v) is 4.17. The van der Waals surface area contributed by atoms with Crippen LogP contribution < -0.4 is 10.9 Å². The molecule has 0 aliphatic carbocycles. The first-order valence-electron chi connectivity index (χ1n) is 8.56. The highest BCUT2D eigenvalue weighted by Crippen LogP contribution is 2.08. The van der Waals surface area contributed by atoms with Crippen LogP contribution in [0.5, 0.6) is 0 Å². The van der Waals surface area contributed by atoms with Crippen LogP contribution in [0.4, 0.5) is 0 Å². The third-order valence-electron chi connectivity index (χ3n) is 4.17. The first-order chi connectivity index (χ1) is 12.7. The molecule has 0 atom stereocenters. The van der Waals surface area contributed by atoms with E-state index in [-0.39, 0.29) is 11.8 Å². The van der Waals surface area contributed by atoms with E-state index in [9.17, 15) is 9.59 Å². The number of carbonyl (C=O) groups is 2. The lowest BCUT2D eigenvalue weighted by atomic mass is 10.1. The Morgan fingerprint density at radius 2 is 1.50 bits per heavy atom. The number of carbonyl (C=O) groups excluding carboxylic acids is 2. The second-order valence-electron chi connectivity index (χ2n) is 5.97. The summed E-state index contributed by atoms with van der Waals surface area (Å²) < 4.78 is 1.84. The lowest BCUT2D eigenvalue weighted by molar-refractivity contribution is 0.0841. The second kappa shape index (κ2) is 8.16. The molecule has 0 saturated carbocycles. The van der Waals surface area contributed by atoms with E-state index in [1.807, 2.05) is 59.3 Å². The standard InChI is InChI=1S/C21H21N3O2/c1-2-16-10-12-18(13-11-16)20(25)22-23-21(26)19-9-6-14-24(19)15-17-7-4-3-5-8-17/h3-14H,2,15H2,1H3,(H,22,25)(H,23,26). The Labute approximate surface area is 152 Å². The van der Waals surface area contributed by atoms with Gasteiger partial charge in [0, 0.05) is 18.3 Å². The molecule has 0 radical (unpaired) electrons. The highest BCUT2D eigenvalue weighted by atomic mass is 16.2. The number of nitrogens with zero attached hydrogens (tertiary/aromatic N) is 1. The van der Waals surface area contributed by atoms with Gasteiger partial charge in [0.25, 0.3) is 11.8 Å². The van der Waals surface area contributed by atoms with Crippen LogP contribution in [-0.4, -0.2) is 16.4 Å². The number of hydrogen-bond acceptors (Lipinski definition) is 2. The van der Waals surface area contributed by atoms with Crippen molar-refractivity contribution in [2.24, 2.45) is 0 Å². The Kier molecular flexibility index (Phi) is 5.49. The van der Waals surface area contributed by atoms with Gasteiger partial charge in [-0.3, -0.25) is 20.4 Å². The van der Waals surface area contributed by atoms with Crippen molar-refractivity contribution < 1.29 is 9.59 Å². The minimum atomic E-state index is -0.357. The quantitative estimate of drug-likeness (QED) is 0.696. The molecule has 3 rings (SSSR count). The van der Waals surface area contributed by atoms with Gasteiger partial charge in [-0.05, 0) is 41.8 Å². The van der Waals surface area contributed by atoms with Gasteiger partial charge < -0.3 is 4.57 Å². The van der Waals surface area contributed by atoms with Crippen molar-refractivity contribution in [3.63, 3.8) is 0 Å². The van der Waals surface area contributed by atoms with E-state index >= 15 is 0 Å². The summed E-state index contributed by atoms with van der Waals surface area (Å²) in [5, 5.41) is 0. The molecular weight excluding hydrogens is 326 g/mol. The van der Waals surface area contributed by atoms with Crippen molar-refractivity contribution in [3.8, 4) is 0 Å². The molecule has 0 aliphatic rings. The van der Waals surface area contributed by atoms with E-state index in [2.05, 4.69) is 17.8 Å². The molecule has 0 unspecified atom stereocenters. The number of rotatable bonds is 5. The van der Waals surface area contributed by atoms with Gasteiger partial charge in [0.2, 0.25) is 0 Å². The molecule has 3 aromatic rings. The van der Waals surface area contributed by atoms with Gasteiger partial charge in [-0.2, -0.15) is 0 Å². The van der Waals surface area contributed by atoms with Gasteiger partial charge in [-0.25, -0.2) is 0 Å². The van der Waals surface area contributed by atoms with Crippen molar-refractivity contribution in [2.45, 2.75) is 19.9 Å². The summed E-state index contributed by atoms with van der Waals surface area (Å²) >= 11 is 0. The number of amides is 2. The van der Waals surface area contributed by atoms with Gasteiger partial charge in [-0.1, -0.05) is 49.4 Å². The number of aromatic nitrogens is 1. The molecule has 0 fully saturated rings. The lowest BCUT2D eigenvalue weighted by Crippen LogP contribution is -2.42. The largest absolute Gasteiger partial charge is 0.339 e. The first kappa shape index (κ1) is 17.5. The van der Waals surface area contributed by atoms with Crippen molar-refractivity contribution in [2.75, 3.05) is 0 Å². The van der Waals surface area contributed by atoms with Crippen LogP contribution >= 0.6 is 0 Å². The molecule has 1 aromatic heterocycles. The molecule has 2 N–H and O–H groups in total. The molecule has 0 saturated heterocycles. The fourth-order valence-corrected chi connectivity index (χ4v) is 2.68. The SMILES string of the molecule is CCc1ccc(C(=O)NNC(=O)c2cccn2Cc2ccccc2)cc1. The smallest absolute Gasteiger partial charge is 0.286 e. The molecule has 0 aliphatic heterocycles. The van der Waals surface area contributed by atoms with E-state index in [1.54, 1.807) is 18.2 Å². The normalized spacial score (nSPS) is 10.3. The summed E-state index contributed by atoms with van der Waals surface area (Å²) in [6, 6.07) is 20.7. The zero-order chi connectivity index (χ0) is 18.4. The minimum Gasteiger partial charge on any atom is -0.339 e. The van der Waals surface area contributed by atoms with Crippen LogP contribution in [0.25, 0.3) is 0 Å². The monoisotopic (exact) mass is 347 g/mol. The first-order valence-corrected chi connectivity index (χ1v) is 8.56. The van der Waals surface area contributed by atoms with E-state index < -0.39 is 0 Å². The molecule has 5 nitrogen and oxygen atoms in total. The van der Waals surface area contributed by atoms with Crippen molar-refractivity contribution >= 4 is 11.8 Å². The maximum absolute atomic E-state index is 12.4. The lowest BCUT2D eigenvalue weighted by Gasteiger charge is -2.11. The van der Waals surface area contributed by atoms with E-state index in [0.717, 1.165) is 17.5 Å². The Morgan fingerprint density at radius 3 is 2.19 bits per heavy atom. The maximum Gasteiger partial charge on any atom is 0.286 e. The van der Waals surface area contributed by atoms with E-state index in [0.29, 0.717) is 17.8 Å². The third kappa shape index (κ3) is 4.19. The Bertz CT molecular complexity index is 883. The zero-order valence-corrected chi connectivity index (χ0v) is 14.6. The van der Waals surface area contributed by atoms with Crippen molar-refractivity contribution in [1.82, 2.24) is 15.4 Å². The average Bonchev–Trinajstić information content (AvgIpc) is 3.15. The summed E-state index contributed by atoms with van der Waals surface area (Å²) in [7, 11) is 0. The molecule has 5 heteroatoms. The molecule has 26 heavy (non-hydrogen) atoms. The number of aryl methyl sites for hydroxylation is 1. The molecule has 2 aromatic carbocycles. The minimum absolute atomic E-state index is 0.345. The topological polar surface area (TPSA) is 63.1 Å². The van der Waals surface area contributed by atoms with Gasteiger partial charge in [0.1, 0.15) is 5.69 Å². The molecule has 0 bridgehead atoms. The summed E-state index contributed by atoms with van der Waals surface area (Å²) in [6.45, 7) is 2.64. The van der Waals surface area contributed by atoms with E-state index in [1.165, 1.54) is 0 Å². The van der Waals surface area contributed by atoms with Crippen LogP contribution in [-0.2, 0) is 13.0 Å². The molecule has 1 heterocycles. The van der Waals surface area contributed by atoms with Gasteiger partial charge >= 0.3 is 0 Å². The Balaban J connectivity index is 1.61. The predicted octanol–water partition coefficient (Wildman–Crippen LogP) is 3.17. The number of hydrogen-bond donors (Lipinski definition) is 2. The maximum atomic E-state index is 12.4. The molecule has 2 amide bonds. The van der Waals surface area contributed by atoms with Crippen LogP contribution in [0, 0.1) is 0 Å². The summed E-state index contributed by atoms with van der Waals surface area (Å²) in [5.74, 6) is -0.702. The van der Waals surface area contributed by atoms with Crippen molar-refractivity contribution in [1.29, 1.82) is 0 Å². The molecule has 132 valence electrons.